The SMILES string of the molecule is O=C1CNCCN1c1cncc(-c2c[nH]c3ccc(-c4c(F)cccc4F)cc23)n1. The van der Waals surface area contributed by atoms with E-state index in [9.17, 15) is 13.6 Å². The summed E-state index contributed by atoms with van der Waals surface area (Å²) in [6.07, 6.45) is 4.94. The highest BCUT2D eigenvalue weighted by Crippen LogP contribution is 2.33. The van der Waals surface area contributed by atoms with Crippen LogP contribution in [0.5, 0.6) is 0 Å². The van der Waals surface area contributed by atoms with Crippen molar-refractivity contribution in [3.8, 4) is 22.4 Å². The lowest BCUT2D eigenvalue weighted by Gasteiger charge is -2.26. The summed E-state index contributed by atoms with van der Waals surface area (Å²) in [6, 6.07) is 8.99. The standard InChI is InChI=1S/C22H17F2N5O/c23-16-2-1-3-17(24)22(16)13-4-5-18-14(8-13)15(9-27-18)19-10-26-11-20(28-19)29-7-6-25-12-21(29)30/h1-5,8-11,25,27H,6-7,12H2. The first-order valence-electron chi connectivity index (χ1n) is 9.51. The Bertz CT molecular complexity index is 1250. The number of piperazine rings is 1. The number of hydrogen-bond acceptors (Lipinski definition) is 4. The first-order valence-corrected chi connectivity index (χ1v) is 9.51. The molecule has 3 heterocycles. The van der Waals surface area contributed by atoms with Gasteiger partial charge in [-0.1, -0.05) is 12.1 Å². The third-order valence-electron chi connectivity index (χ3n) is 5.20. The first-order chi connectivity index (χ1) is 14.6. The van der Waals surface area contributed by atoms with Crippen molar-refractivity contribution >= 4 is 22.6 Å². The smallest absolute Gasteiger partial charge is 0.242 e. The summed E-state index contributed by atoms with van der Waals surface area (Å²) in [6.45, 7) is 1.46. The van der Waals surface area contributed by atoms with Gasteiger partial charge in [0.25, 0.3) is 0 Å². The number of aromatic nitrogens is 3. The van der Waals surface area contributed by atoms with Gasteiger partial charge in [0.2, 0.25) is 5.91 Å². The summed E-state index contributed by atoms with van der Waals surface area (Å²) in [7, 11) is 0. The van der Waals surface area contributed by atoms with Gasteiger partial charge in [0.05, 0.1) is 30.2 Å². The highest BCUT2D eigenvalue weighted by atomic mass is 19.1. The van der Waals surface area contributed by atoms with Crippen LogP contribution in [0.1, 0.15) is 0 Å². The normalized spacial score (nSPS) is 14.5. The summed E-state index contributed by atoms with van der Waals surface area (Å²) in [5.74, 6) is -0.829. The minimum atomic E-state index is -0.620. The van der Waals surface area contributed by atoms with E-state index in [1.165, 1.54) is 18.2 Å². The van der Waals surface area contributed by atoms with Gasteiger partial charge in [0.1, 0.15) is 11.6 Å². The van der Waals surface area contributed by atoms with Crippen molar-refractivity contribution in [3.63, 3.8) is 0 Å². The van der Waals surface area contributed by atoms with Crippen LogP contribution in [0.3, 0.4) is 0 Å². The maximum Gasteiger partial charge on any atom is 0.242 e. The molecule has 0 spiro atoms. The van der Waals surface area contributed by atoms with Crippen molar-refractivity contribution in [2.24, 2.45) is 0 Å². The van der Waals surface area contributed by atoms with E-state index in [2.05, 4.69) is 20.3 Å². The van der Waals surface area contributed by atoms with Crippen LogP contribution < -0.4 is 10.2 Å². The second-order valence-corrected chi connectivity index (χ2v) is 7.04. The highest BCUT2D eigenvalue weighted by Gasteiger charge is 2.21. The topological polar surface area (TPSA) is 73.9 Å². The number of carbonyl (C=O) groups excluding carboxylic acids is 1. The molecule has 1 aliphatic heterocycles. The Morgan fingerprint density at radius 3 is 2.70 bits per heavy atom. The van der Waals surface area contributed by atoms with Gasteiger partial charge in [-0.3, -0.25) is 14.7 Å². The molecule has 1 aliphatic rings. The van der Waals surface area contributed by atoms with Crippen molar-refractivity contribution in [2.45, 2.75) is 0 Å². The molecule has 150 valence electrons. The number of nitrogens with zero attached hydrogens (tertiary/aromatic N) is 3. The van der Waals surface area contributed by atoms with E-state index in [-0.39, 0.29) is 18.0 Å². The van der Waals surface area contributed by atoms with Crippen LogP contribution >= 0.6 is 0 Å². The van der Waals surface area contributed by atoms with Crippen LogP contribution in [0.4, 0.5) is 14.6 Å². The van der Waals surface area contributed by atoms with E-state index in [0.717, 1.165) is 16.5 Å². The van der Waals surface area contributed by atoms with E-state index in [1.807, 2.05) is 0 Å². The Hall–Kier alpha value is -3.65. The van der Waals surface area contributed by atoms with Crippen LogP contribution in [0.2, 0.25) is 0 Å². The molecule has 5 rings (SSSR count). The maximum atomic E-state index is 14.3. The molecule has 2 aromatic heterocycles. The zero-order valence-electron chi connectivity index (χ0n) is 15.8. The van der Waals surface area contributed by atoms with E-state index < -0.39 is 11.6 Å². The lowest BCUT2D eigenvalue weighted by molar-refractivity contribution is -0.118. The number of carbonyl (C=O) groups is 1. The van der Waals surface area contributed by atoms with Crippen molar-refractivity contribution in [1.82, 2.24) is 20.3 Å². The average molecular weight is 405 g/mol. The molecule has 4 aromatic rings. The van der Waals surface area contributed by atoms with Gasteiger partial charge in [0, 0.05) is 35.8 Å². The Morgan fingerprint density at radius 1 is 1.07 bits per heavy atom. The second-order valence-electron chi connectivity index (χ2n) is 7.04. The van der Waals surface area contributed by atoms with Crippen LogP contribution in [0, 0.1) is 11.6 Å². The third-order valence-corrected chi connectivity index (χ3v) is 5.20. The molecular weight excluding hydrogens is 388 g/mol. The first kappa shape index (κ1) is 18.4. The summed E-state index contributed by atoms with van der Waals surface area (Å²) in [5.41, 5.74) is 2.46. The molecule has 6 nitrogen and oxygen atoms in total. The van der Waals surface area contributed by atoms with Gasteiger partial charge >= 0.3 is 0 Å². The molecule has 1 fully saturated rings. The van der Waals surface area contributed by atoms with Crippen LogP contribution in [-0.4, -0.2) is 40.5 Å². The van der Waals surface area contributed by atoms with E-state index >= 15 is 0 Å². The van der Waals surface area contributed by atoms with Crippen LogP contribution in [0.15, 0.2) is 55.0 Å². The van der Waals surface area contributed by atoms with Gasteiger partial charge < -0.3 is 10.3 Å². The number of aromatic amines is 1. The number of nitrogens with one attached hydrogen (secondary N) is 2. The average Bonchev–Trinajstić information content (AvgIpc) is 3.17. The van der Waals surface area contributed by atoms with Gasteiger partial charge in [-0.2, -0.15) is 0 Å². The lowest BCUT2D eigenvalue weighted by Crippen LogP contribution is -2.48. The fourth-order valence-corrected chi connectivity index (χ4v) is 3.73. The fourth-order valence-electron chi connectivity index (χ4n) is 3.73. The number of halogens is 2. The molecule has 0 atom stereocenters. The molecule has 0 saturated carbocycles. The van der Waals surface area contributed by atoms with Gasteiger partial charge in [-0.15, -0.1) is 0 Å². The molecule has 0 unspecified atom stereocenters. The predicted molar refractivity (Wildman–Crippen MR) is 110 cm³/mol. The van der Waals surface area contributed by atoms with E-state index in [1.54, 1.807) is 41.7 Å². The number of benzene rings is 2. The second kappa shape index (κ2) is 7.31. The van der Waals surface area contributed by atoms with Gasteiger partial charge in [-0.05, 0) is 29.8 Å². The Morgan fingerprint density at radius 2 is 1.90 bits per heavy atom. The molecule has 0 aliphatic carbocycles. The Kier molecular flexibility index (Phi) is 4.48. The number of hydrogen-bond donors (Lipinski definition) is 2. The van der Waals surface area contributed by atoms with E-state index in [4.69, 9.17) is 0 Å². The summed E-state index contributed by atoms with van der Waals surface area (Å²) in [4.78, 5) is 25.8. The predicted octanol–water partition coefficient (Wildman–Crippen LogP) is 3.51. The number of H-pyrrole nitrogens is 1. The Balaban J connectivity index is 1.60. The van der Waals surface area contributed by atoms with Crippen molar-refractivity contribution < 1.29 is 13.6 Å². The van der Waals surface area contributed by atoms with Crippen molar-refractivity contribution in [2.75, 3.05) is 24.5 Å². The van der Waals surface area contributed by atoms with Crippen molar-refractivity contribution in [3.05, 3.63) is 66.6 Å². The third kappa shape index (κ3) is 3.11. The van der Waals surface area contributed by atoms with Crippen molar-refractivity contribution in [1.29, 1.82) is 0 Å². The monoisotopic (exact) mass is 405 g/mol. The lowest BCUT2D eigenvalue weighted by atomic mass is 10.0. The Labute approximate surface area is 170 Å². The minimum Gasteiger partial charge on any atom is -0.360 e. The minimum absolute atomic E-state index is 0.0658. The summed E-state index contributed by atoms with van der Waals surface area (Å²) in [5, 5.41) is 3.78. The fraction of sp³-hybridized carbons (Fsp3) is 0.136. The molecule has 2 N–H and O–H groups in total. The largest absolute Gasteiger partial charge is 0.360 e. The summed E-state index contributed by atoms with van der Waals surface area (Å²) < 4.78 is 28.5. The molecule has 0 bridgehead atoms. The highest BCUT2D eigenvalue weighted by molar-refractivity contribution is 5.98. The molecule has 30 heavy (non-hydrogen) atoms. The van der Waals surface area contributed by atoms with Gasteiger partial charge in [-0.25, -0.2) is 13.8 Å². The molecular formula is C22H17F2N5O. The molecule has 2 aromatic carbocycles. The number of rotatable bonds is 3. The van der Waals surface area contributed by atoms with Crippen LogP contribution in [0.25, 0.3) is 33.3 Å². The number of anilines is 1. The molecule has 0 radical (unpaired) electrons. The zero-order valence-corrected chi connectivity index (χ0v) is 15.8. The molecule has 1 amide bonds. The zero-order chi connectivity index (χ0) is 20.7. The maximum absolute atomic E-state index is 14.3. The van der Waals surface area contributed by atoms with Gasteiger partial charge in [0.15, 0.2) is 5.82 Å². The summed E-state index contributed by atoms with van der Waals surface area (Å²) >= 11 is 0. The molecule has 1 saturated heterocycles. The quantitative estimate of drug-likeness (QED) is 0.547. The molecule has 8 heteroatoms. The number of amides is 1. The van der Waals surface area contributed by atoms with E-state index in [0.29, 0.717) is 30.2 Å². The van der Waals surface area contributed by atoms with Crippen LogP contribution in [-0.2, 0) is 4.79 Å². The number of fused-ring (bicyclic) bond motifs is 1.